The first-order valence-corrected chi connectivity index (χ1v) is 12.5. The number of alkyl carbamates (subject to hydrolysis) is 1. The van der Waals surface area contributed by atoms with Gasteiger partial charge in [-0.2, -0.15) is 8.42 Å². The Kier molecular flexibility index (Phi) is 8.26. The van der Waals surface area contributed by atoms with Crippen LogP contribution < -0.4 is 15.4 Å². The largest absolute Gasteiger partial charge is 0.462 e. The number of aromatic nitrogens is 1. The SMILES string of the molecule is CC[C@H](NC(=O)OC)C(=O)N[C@@H](Cc1ccc(NS(=O)(=O)O)cc1)c1csc(-c2ccco2)n1. The number of nitrogens with zero attached hydrogens (tertiary/aromatic N) is 1. The highest BCUT2D eigenvalue weighted by Gasteiger charge is 2.25. The number of thiazole rings is 1. The van der Waals surface area contributed by atoms with Crippen molar-refractivity contribution in [2.45, 2.75) is 31.8 Å². The number of carbonyl (C=O) groups is 2. The number of carbonyl (C=O) groups excluding carboxylic acids is 2. The van der Waals surface area contributed by atoms with Gasteiger partial charge in [-0.25, -0.2) is 9.78 Å². The summed E-state index contributed by atoms with van der Waals surface area (Å²) in [7, 11) is -3.17. The molecule has 2 aromatic heterocycles. The second-order valence-electron chi connectivity index (χ2n) is 7.19. The molecule has 0 unspecified atom stereocenters. The Balaban J connectivity index is 1.83. The first-order chi connectivity index (χ1) is 16.2. The Labute approximate surface area is 200 Å². The van der Waals surface area contributed by atoms with E-state index in [4.69, 9.17) is 8.97 Å². The molecule has 0 aliphatic rings. The number of hydrogen-bond acceptors (Lipinski definition) is 8. The Morgan fingerprint density at radius 2 is 1.94 bits per heavy atom. The van der Waals surface area contributed by atoms with Crippen molar-refractivity contribution in [3.8, 4) is 10.8 Å². The molecule has 0 fully saturated rings. The molecule has 2 heterocycles. The Morgan fingerprint density at radius 3 is 2.53 bits per heavy atom. The highest BCUT2D eigenvalue weighted by atomic mass is 32.2. The predicted octanol–water partition coefficient (Wildman–Crippen LogP) is 3.15. The average molecular weight is 509 g/mol. The van der Waals surface area contributed by atoms with Crippen LogP contribution in [0.1, 0.15) is 30.6 Å². The van der Waals surface area contributed by atoms with Crippen LogP contribution in [0.25, 0.3) is 10.8 Å². The van der Waals surface area contributed by atoms with E-state index in [0.717, 1.165) is 5.56 Å². The number of amides is 2. The fourth-order valence-corrected chi connectivity index (χ4v) is 4.38. The van der Waals surface area contributed by atoms with Crippen LogP contribution in [-0.2, 0) is 26.3 Å². The molecule has 2 amide bonds. The van der Waals surface area contributed by atoms with E-state index in [-0.39, 0.29) is 5.69 Å². The lowest BCUT2D eigenvalue weighted by Gasteiger charge is -2.22. The number of benzene rings is 1. The zero-order valence-corrected chi connectivity index (χ0v) is 20.0. The van der Waals surface area contributed by atoms with Gasteiger partial charge in [0.1, 0.15) is 6.04 Å². The zero-order valence-electron chi connectivity index (χ0n) is 18.3. The summed E-state index contributed by atoms with van der Waals surface area (Å²) in [6.07, 6.45) is 1.50. The summed E-state index contributed by atoms with van der Waals surface area (Å²) in [6, 6.07) is 8.48. The number of ether oxygens (including phenoxy) is 1. The van der Waals surface area contributed by atoms with Crippen molar-refractivity contribution < 1.29 is 31.7 Å². The van der Waals surface area contributed by atoms with Gasteiger partial charge in [0.05, 0.1) is 30.8 Å². The molecule has 0 spiro atoms. The quantitative estimate of drug-likeness (QED) is 0.304. The maximum atomic E-state index is 12.9. The first-order valence-electron chi connectivity index (χ1n) is 10.2. The van der Waals surface area contributed by atoms with Crippen molar-refractivity contribution in [3.05, 3.63) is 59.3 Å². The molecule has 34 heavy (non-hydrogen) atoms. The number of hydrogen-bond donors (Lipinski definition) is 4. The number of rotatable bonds is 10. The van der Waals surface area contributed by atoms with Crippen LogP contribution in [-0.4, -0.2) is 43.1 Å². The standard InChI is InChI=1S/C21H24N4O7S2/c1-3-15(24-21(27)31-2)19(26)22-16(17-12-33-20(23-17)18-5-4-10-32-18)11-13-6-8-14(9-7-13)25-34(28,29)30/h4-10,12,15-16,25H,3,11H2,1-2H3,(H,22,26)(H,24,27)(H,28,29,30)/t15-,16-/m0/s1. The van der Waals surface area contributed by atoms with Crippen LogP contribution in [0.3, 0.4) is 0 Å². The first kappa shape index (κ1) is 25.2. The second kappa shape index (κ2) is 11.1. The molecule has 0 aliphatic carbocycles. The molecule has 2 atom stereocenters. The second-order valence-corrected chi connectivity index (χ2v) is 9.20. The molecule has 0 aliphatic heterocycles. The number of anilines is 1. The van der Waals surface area contributed by atoms with Gasteiger partial charge in [-0.05, 0) is 42.7 Å². The third kappa shape index (κ3) is 7.04. The molecule has 4 N–H and O–H groups in total. The summed E-state index contributed by atoms with van der Waals surface area (Å²) in [5, 5.41) is 7.88. The normalized spacial score (nSPS) is 13.0. The molecule has 3 rings (SSSR count). The van der Waals surface area contributed by atoms with E-state index in [0.29, 0.717) is 29.3 Å². The predicted molar refractivity (Wildman–Crippen MR) is 126 cm³/mol. The van der Waals surface area contributed by atoms with Crippen molar-refractivity contribution in [2.24, 2.45) is 0 Å². The summed E-state index contributed by atoms with van der Waals surface area (Å²) in [4.78, 5) is 29.1. The van der Waals surface area contributed by atoms with Gasteiger partial charge in [0.25, 0.3) is 0 Å². The maximum absolute atomic E-state index is 12.9. The summed E-state index contributed by atoms with van der Waals surface area (Å²) in [6.45, 7) is 1.76. The van der Waals surface area contributed by atoms with Crippen molar-refractivity contribution in [1.29, 1.82) is 0 Å². The molecule has 0 radical (unpaired) electrons. The minimum absolute atomic E-state index is 0.189. The molecule has 1 aromatic carbocycles. The Morgan fingerprint density at radius 1 is 1.21 bits per heavy atom. The molecule has 0 saturated heterocycles. The smallest absolute Gasteiger partial charge is 0.407 e. The molecule has 13 heteroatoms. The molecular formula is C21H24N4O7S2. The molecule has 11 nitrogen and oxygen atoms in total. The fraction of sp³-hybridized carbons (Fsp3) is 0.286. The fourth-order valence-electron chi connectivity index (χ4n) is 3.11. The van der Waals surface area contributed by atoms with Gasteiger partial charge < -0.3 is 19.8 Å². The highest BCUT2D eigenvalue weighted by molar-refractivity contribution is 7.87. The lowest BCUT2D eigenvalue weighted by atomic mass is 10.0. The van der Waals surface area contributed by atoms with Crippen molar-refractivity contribution in [1.82, 2.24) is 15.6 Å². The number of nitrogens with one attached hydrogen (secondary N) is 3. The molecule has 0 saturated carbocycles. The van der Waals surface area contributed by atoms with E-state index >= 15 is 0 Å². The van der Waals surface area contributed by atoms with E-state index in [1.165, 1.54) is 30.6 Å². The Bertz CT molecular complexity index is 1210. The van der Waals surface area contributed by atoms with Crippen LogP contribution in [0, 0.1) is 0 Å². The summed E-state index contributed by atoms with van der Waals surface area (Å²) in [5.41, 5.74) is 1.56. The van der Waals surface area contributed by atoms with Gasteiger partial charge in [0.2, 0.25) is 5.91 Å². The van der Waals surface area contributed by atoms with E-state index in [1.54, 1.807) is 37.5 Å². The lowest BCUT2D eigenvalue weighted by molar-refractivity contribution is -0.123. The minimum Gasteiger partial charge on any atom is -0.462 e. The monoisotopic (exact) mass is 508 g/mol. The molecule has 3 aromatic rings. The van der Waals surface area contributed by atoms with Crippen LogP contribution in [0.4, 0.5) is 10.5 Å². The van der Waals surface area contributed by atoms with Crippen LogP contribution in [0.15, 0.2) is 52.5 Å². The third-order valence-corrected chi connectivity index (χ3v) is 6.14. The minimum atomic E-state index is -4.38. The van der Waals surface area contributed by atoms with Gasteiger partial charge in [-0.3, -0.25) is 14.1 Å². The van der Waals surface area contributed by atoms with Crippen LogP contribution >= 0.6 is 11.3 Å². The summed E-state index contributed by atoms with van der Waals surface area (Å²) < 4.78 is 42.9. The van der Waals surface area contributed by atoms with E-state index in [2.05, 4.69) is 20.4 Å². The van der Waals surface area contributed by atoms with Crippen molar-refractivity contribution in [2.75, 3.05) is 11.8 Å². The zero-order chi connectivity index (χ0) is 24.7. The third-order valence-electron chi connectivity index (χ3n) is 4.77. The average Bonchev–Trinajstić information content (AvgIpc) is 3.49. The van der Waals surface area contributed by atoms with Gasteiger partial charge in [0.15, 0.2) is 10.8 Å². The van der Waals surface area contributed by atoms with Gasteiger partial charge in [0, 0.05) is 5.38 Å². The highest BCUT2D eigenvalue weighted by Crippen LogP contribution is 2.28. The Hall–Kier alpha value is -3.42. The van der Waals surface area contributed by atoms with E-state index in [9.17, 15) is 18.0 Å². The molecule has 0 bridgehead atoms. The maximum Gasteiger partial charge on any atom is 0.407 e. The van der Waals surface area contributed by atoms with Gasteiger partial charge >= 0.3 is 16.4 Å². The van der Waals surface area contributed by atoms with Gasteiger partial charge in [-0.1, -0.05) is 19.1 Å². The van der Waals surface area contributed by atoms with E-state index < -0.39 is 34.4 Å². The summed E-state index contributed by atoms with van der Waals surface area (Å²) in [5.74, 6) is 0.191. The lowest BCUT2D eigenvalue weighted by Crippen LogP contribution is -2.47. The van der Waals surface area contributed by atoms with E-state index in [1.807, 2.05) is 10.1 Å². The van der Waals surface area contributed by atoms with Gasteiger partial charge in [-0.15, -0.1) is 11.3 Å². The van der Waals surface area contributed by atoms with Crippen molar-refractivity contribution in [3.63, 3.8) is 0 Å². The van der Waals surface area contributed by atoms with Crippen LogP contribution in [0.2, 0.25) is 0 Å². The topological polar surface area (TPSA) is 160 Å². The summed E-state index contributed by atoms with van der Waals surface area (Å²) >= 11 is 1.36. The number of methoxy groups -OCH3 is 1. The van der Waals surface area contributed by atoms with Crippen molar-refractivity contribution >= 4 is 39.3 Å². The molecule has 182 valence electrons. The number of furan rings is 1. The molecular weight excluding hydrogens is 484 g/mol. The van der Waals surface area contributed by atoms with Crippen LogP contribution in [0.5, 0.6) is 0 Å².